The van der Waals surface area contributed by atoms with E-state index in [1.165, 1.54) is 5.56 Å². The van der Waals surface area contributed by atoms with E-state index in [-0.39, 0.29) is 0 Å². The van der Waals surface area contributed by atoms with Gasteiger partial charge in [0, 0.05) is 32.7 Å². The minimum atomic E-state index is 0.508. The smallest absolute Gasteiger partial charge is 0.0595 e. The van der Waals surface area contributed by atoms with Gasteiger partial charge in [-0.3, -0.25) is 0 Å². The molecule has 0 radical (unpaired) electrons. The number of piperazine rings is 1. The molecule has 0 spiro atoms. The van der Waals surface area contributed by atoms with E-state index in [0.29, 0.717) is 21.9 Å². The first-order valence-corrected chi connectivity index (χ1v) is 8.09. The van der Waals surface area contributed by atoms with E-state index in [1.807, 2.05) is 12.1 Å². The standard InChI is InChI=1S/C16H24Cl2N2/c1-12(2)14(11-20-8-6-19(3)7-9-20)13-4-5-15(17)16(18)10-13/h4-5,10,12,14H,6-9,11H2,1-3H3. The van der Waals surface area contributed by atoms with Crippen LogP contribution in [0.3, 0.4) is 0 Å². The third-order valence-electron chi connectivity index (χ3n) is 4.23. The van der Waals surface area contributed by atoms with E-state index in [1.54, 1.807) is 0 Å². The van der Waals surface area contributed by atoms with Crippen LogP contribution in [0.5, 0.6) is 0 Å². The van der Waals surface area contributed by atoms with Crippen molar-refractivity contribution in [3.63, 3.8) is 0 Å². The molecule has 1 aromatic carbocycles. The normalized spacial score (nSPS) is 19.5. The highest BCUT2D eigenvalue weighted by Gasteiger charge is 2.22. The van der Waals surface area contributed by atoms with Crippen LogP contribution in [-0.4, -0.2) is 49.6 Å². The van der Waals surface area contributed by atoms with E-state index < -0.39 is 0 Å². The van der Waals surface area contributed by atoms with E-state index >= 15 is 0 Å². The Hall–Kier alpha value is -0.280. The fourth-order valence-corrected chi connectivity index (χ4v) is 3.06. The van der Waals surface area contributed by atoms with Crippen LogP contribution >= 0.6 is 23.2 Å². The summed E-state index contributed by atoms with van der Waals surface area (Å²) >= 11 is 12.2. The molecule has 1 aliphatic rings. The maximum Gasteiger partial charge on any atom is 0.0595 e. The average molecular weight is 315 g/mol. The molecule has 1 aromatic rings. The predicted octanol–water partition coefficient (Wildman–Crippen LogP) is 3.98. The SMILES string of the molecule is CC(C)C(CN1CCN(C)CC1)c1ccc(Cl)c(Cl)c1. The van der Waals surface area contributed by atoms with Crippen LogP contribution in [0.1, 0.15) is 25.3 Å². The van der Waals surface area contributed by atoms with Gasteiger partial charge in [0.1, 0.15) is 0 Å². The van der Waals surface area contributed by atoms with Crippen LogP contribution in [-0.2, 0) is 0 Å². The second-order valence-corrected chi connectivity index (χ2v) is 6.94. The molecule has 0 bridgehead atoms. The van der Waals surface area contributed by atoms with Gasteiger partial charge < -0.3 is 9.80 Å². The molecule has 1 fully saturated rings. The van der Waals surface area contributed by atoms with Gasteiger partial charge in [0.2, 0.25) is 0 Å². The van der Waals surface area contributed by atoms with Gasteiger partial charge in [0.25, 0.3) is 0 Å². The van der Waals surface area contributed by atoms with Gasteiger partial charge in [-0.1, -0.05) is 43.1 Å². The molecule has 0 amide bonds. The van der Waals surface area contributed by atoms with Crippen LogP contribution in [0.25, 0.3) is 0 Å². The molecule has 2 rings (SSSR count). The van der Waals surface area contributed by atoms with Gasteiger partial charge in [0.15, 0.2) is 0 Å². The third kappa shape index (κ3) is 4.11. The number of rotatable bonds is 4. The lowest BCUT2D eigenvalue weighted by Gasteiger charge is -2.36. The van der Waals surface area contributed by atoms with Gasteiger partial charge in [-0.15, -0.1) is 0 Å². The first-order valence-electron chi connectivity index (χ1n) is 7.33. The largest absolute Gasteiger partial charge is 0.304 e. The lowest BCUT2D eigenvalue weighted by molar-refractivity contribution is 0.140. The van der Waals surface area contributed by atoms with Crippen molar-refractivity contribution in [1.29, 1.82) is 0 Å². The van der Waals surface area contributed by atoms with Crippen molar-refractivity contribution < 1.29 is 0 Å². The molecule has 2 nitrogen and oxygen atoms in total. The Morgan fingerprint density at radius 1 is 1.05 bits per heavy atom. The summed E-state index contributed by atoms with van der Waals surface area (Å²) in [7, 11) is 2.19. The summed E-state index contributed by atoms with van der Waals surface area (Å²) in [5.74, 6) is 1.10. The number of nitrogens with zero attached hydrogens (tertiary/aromatic N) is 2. The molecule has 1 unspecified atom stereocenters. The Morgan fingerprint density at radius 2 is 1.70 bits per heavy atom. The Bertz CT molecular complexity index is 440. The summed E-state index contributed by atoms with van der Waals surface area (Å²) < 4.78 is 0. The zero-order valence-corrected chi connectivity index (χ0v) is 14.1. The minimum absolute atomic E-state index is 0.508. The molecule has 20 heavy (non-hydrogen) atoms. The summed E-state index contributed by atoms with van der Waals surface area (Å²) in [6, 6.07) is 6.07. The number of benzene rings is 1. The molecule has 1 atom stereocenters. The van der Waals surface area contributed by atoms with E-state index in [9.17, 15) is 0 Å². The third-order valence-corrected chi connectivity index (χ3v) is 4.97. The molecule has 1 saturated heterocycles. The Labute approximate surface area is 132 Å². The maximum absolute atomic E-state index is 6.17. The summed E-state index contributed by atoms with van der Waals surface area (Å²) in [4.78, 5) is 4.95. The number of halogens is 2. The van der Waals surface area contributed by atoms with Crippen molar-refractivity contribution >= 4 is 23.2 Å². The van der Waals surface area contributed by atoms with Gasteiger partial charge in [-0.05, 0) is 36.6 Å². The highest BCUT2D eigenvalue weighted by molar-refractivity contribution is 6.42. The summed E-state index contributed by atoms with van der Waals surface area (Å²) in [6.07, 6.45) is 0. The van der Waals surface area contributed by atoms with E-state index in [0.717, 1.165) is 32.7 Å². The number of likely N-dealkylation sites (N-methyl/N-ethyl adjacent to an activating group) is 1. The zero-order valence-electron chi connectivity index (χ0n) is 12.6. The highest BCUT2D eigenvalue weighted by Crippen LogP contribution is 2.31. The van der Waals surface area contributed by atoms with Crippen molar-refractivity contribution in [2.75, 3.05) is 39.8 Å². The maximum atomic E-state index is 6.17. The minimum Gasteiger partial charge on any atom is -0.304 e. The average Bonchev–Trinajstić information content (AvgIpc) is 2.41. The van der Waals surface area contributed by atoms with Crippen LogP contribution in [0, 0.1) is 5.92 Å². The molecule has 112 valence electrons. The Morgan fingerprint density at radius 3 is 2.25 bits per heavy atom. The van der Waals surface area contributed by atoms with E-state index in [2.05, 4.69) is 36.8 Å². The Balaban J connectivity index is 2.08. The second kappa shape index (κ2) is 7.13. The van der Waals surface area contributed by atoms with Crippen molar-refractivity contribution in [2.45, 2.75) is 19.8 Å². The molecule has 0 saturated carbocycles. The number of hydrogen-bond donors (Lipinski definition) is 0. The van der Waals surface area contributed by atoms with Crippen LogP contribution in [0.2, 0.25) is 10.0 Å². The molecular weight excluding hydrogens is 291 g/mol. The molecule has 0 N–H and O–H groups in total. The number of hydrogen-bond acceptors (Lipinski definition) is 2. The first kappa shape index (κ1) is 16.1. The van der Waals surface area contributed by atoms with Gasteiger partial charge in [-0.25, -0.2) is 0 Å². The van der Waals surface area contributed by atoms with Crippen LogP contribution in [0.4, 0.5) is 0 Å². The molecule has 0 aromatic heterocycles. The van der Waals surface area contributed by atoms with Crippen molar-refractivity contribution in [1.82, 2.24) is 9.80 Å². The topological polar surface area (TPSA) is 6.48 Å². The molecule has 0 aliphatic carbocycles. The fourth-order valence-electron chi connectivity index (χ4n) is 2.75. The van der Waals surface area contributed by atoms with Gasteiger partial charge in [-0.2, -0.15) is 0 Å². The van der Waals surface area contributed by atoms with E-state index in [4.69, 9.17) is 23.2 Å². The van der Waals surface area contributed by atoms with Gasteiger partial charge in [0.05, 0.1) is 10.0 Å². The predicted molar refractivity (Wildman–Crippen MR) is 88.0 cm³/mol. The molecule has 1 aliphatic heterocycles. The summed E-state index contributed by atoms with van der Waals surface area (Å²) in [5.41, 5.74) is 1.30. The first-order chi connectivity index (χ1) is 9.47. The fraction of sp³-hybridized carbons (Fsp3) is 0.625. The molecule has 1 heterocycles. The van der Waals surface area contributed by atoms with Crippen LogP contribution < -0.4 is 0 Å². The highest BCUT2D eigenvalue weighted by atomic mass is 35.5. The Kier molecular flexibility index (Phi) is 5.74. The van der Waals surface area contributed by atoms with Crippen molar-refractivity contribution in [3.05, 3.63) is 33.8 Å². The van der Waals surface area contributed by atoms with Crippen molar-refractivity contribution in [3.8, 4) is 0 Å². The lowest BCUT2D eigenvalue weighted by Crippen LogP contribution is -2.46. The monoisotopic (exact) mass is 314 g/mol. The second-order valence-electron chi connectivity index (χ2n) is 6.13. The lowest BCUT2D eigenvalue weighted by atomic mass is 9.88. The summed E-state index contributed by atoms with van der Waals surface area (Å²) in [5, 5.41) is 1.30. The zero-order chi connectivity index (χ0) is 14.7. The van der Waals surface area contributed by atoms with Crippen molar-refractivity contribution in [2.24, 2.45) is 5.92 Å². The molecular formula is C16H24Cl2N2. The quantitative estimate of drug-likeness (QED) is 0.829. The van der Waals surface area contributed by atoms with Gasteiger partial charge >= 0.3 is 0 Å². The molecule has 4 heteroatoms. The van der Waals surface area contributed by atoms with Crippen LogP contribution in [0.15, 0.2) is 18.2 Å². The summed E-state index contributed by atoms with van der Waals surface area (Å²) in [6.45, 7) is 10.3.